The van der Waals surface area contributed by atoms with Crippen molar-refractivity contribution in [2.75, 3.05) is 19.6 Å². The molecule has 0 radical (unpaired) electrons. The van der Waals surface area contributed by atoms with Crippen molar-refractivity contribution in [1.82, 2.24) is 20.4 Å². The number of aromatic nitrogens is 2. The predicted octanol–water partition coefficient (Wildman–Crippen LogP) is 1.98. The van der Waals surface area contributed by atoms with E-state index in [1.165, 1.54) is 4.90 Å². The monoisotopic (exact) mass is 340 g/mol. The largest absolute Gasteiger partial charge is 0.444 e. The summed E-state index contributed by atoms with van der Waals surface area (Å²) in [7, 11) is 0. The first-order chi connectivity index (χ1) is 11.3. The Balaban J connectivity index is 1.93. The smallest absolute Gasteiger partial charge is 0.407 e. The molecule has 7 nitrogen and oxygen atoms in total. The number of carbonyl (C=O) groups is 2. The molecule has 1 aliphatic heterocycles. The average molecular weight is 340 g/mol. The van der Waals surface area contributed by atoms with Crippen molar-refractivity contribution in [3.05, 3.63) is 18.0 Å². The lowest BCUT2D eigenvalue weighted by Crippen LogP contribution is -2.37. The van der Waals surface area contributed by atoms with E-state index in [1.807, 2.05) is 0 Å². The van der Waals surface area contributed by atoms with Crippen molar-refractivity contribution in [3.63, 3.8) is 0 Å². The Bertz CT molecular complexity index is 556. The van der Waals surface area contributed by atoms with Gasteiger partial charge >= 0.3 is 6.09 Å². The van der Waals surface area contributed by atoms with Crippen molar-refractivity contribution in [3.8, 4) is 0 Å². The van der Waals surface area contributed by atoms with Gasteiger partial charge in [0, 0.05) is 24.8 Å². The summed E-state index contributed by atoms with van der Waals surface area (Å²) in [5, 5.41) is 9.21. The van der Waals surface area contributed by atoms with Crippen LogP contribution in [0, 0.1) is 0 Å². The summed E-state index contributed by atoms with van der Waals surface area (Å²) < 4.78 is 18.5. The molecule has 134 valence electrons. The van der Waals surface area contributed by atoms with Gasteiger partial charge in [-0.1, -0.05) is 0 Å². The normalized spacial score (nSPS) is 19.2. The Hall–Kier alpha value is -2.12. The number of nitrogens with zero attached hydrogens (tertiary/aromatic N) is 2. The maximum absolute atomic E-state index is 13.4. The minimum Gasteiger partial charge on any atom is -0.444 e. The highest BCUT2D eigenvalue weighted by atomic mass is 19.1. The Morgan fingerprint density at radius 1 is 1.54 bits per heavy atom. The lowest BCUT2D eigenvalue weighted by molar-refractivity contribution is -0.132. The molecule has 1 aromatic heterocycles. The Morgan fingerprint density at radius 3 is 2.83 bits per heavy atom. The molecule has 2 rings (SSSR count). The fourth-order valence-electron chi connectivity index (χ4n) is 2.66. The van der Waals surface area contributed by atoms with Crippen LogP contribution in [-0.4, -0.2) is 58.5 Å². The maximum atomic E-state index is 13.4. The van der Waals surface area contributed by atoms with E-state index in [0.717, 1.165) is 5.56 Å². The zero-order valence-electron chi connectivity index (χ0n) is 14.3. The molecule has 1 fully saturated rings. The van der Waals surface area contributed by atoms with E-state index in [1.54, 1.807) is 33.2 Å². The highest BCUT2D eigenvalue weighted by Crippen LogP contribution is 2.24. The number of carbonyl (C=O) groups excluding carboxylic acids is 2. The second-order valence-corrected chi connectivity index (χ2v) is 6.97. The van der Waals surface area contributed by atoms with E-state index in [4.69, 9.17) is 4.74 Å². The third-order valence-electron chi connectivity index (χ3n) is 3.76. The van der Waals surface area contributed by atoms with E-state index >= 15 is 0 Å². The van der Waals surface area contributed by atoms with Crippen LogP contribution >= 0.6 is 0 Å². The lowest BCUT2D eigenvalue weighted by Gasteiger charge is -2.23. The minimum absolute atomic E-state index is 0.132. The Labute approximate surface area is 140 Å². The van der Waals surface area contributed by atoms with Crippen molar-refractivity contribution in [2.24, 2.45) is 0 Å². The van der Waals surface area contributed by atoms with Crippen molar-refractivity contribution in [2.45, 2.75) is 51.3 Å². The molecule has 0 saturated carbocycles. The Kier molecular flexibility index (Phi) is 5.80. The molecule has 0 spiro atoms. The zero-order chi connectivity index (χ0) is 17.7. The van der Waals surface area contributed by atoms with Gasteiger partial charge < -0.3 is 15.0 Å². The first kappa shape index (κ1) is 18.2. The van der Waals surface area contributed by atoms with Crippen LogP contribution in [0.5, 0.6) is 0 Å². The lowest BCUT2D eigenvalue weighted by atomic mass is 9.97. The fourth-order valence-corrected chi connectivity index (χ4v) is 2.66. The molecule has 2 atom stereocenters. The molecule has 0 aliphatic carbocycles. The predicted molar refractivity (Wildman–Crippen MR) is 86.3 cm³/mol. The van der Waals surface area contributed by atoms with E-state index in [2.05, 4.69) is 15.5 Å². The van der Waals surface area contributed by atoms with E-state index in [9.17, 15) is 14.0 Å². The third-order valence-corrected chi connectivity index (χ3v) is 3.76. The first-order valence-corrected chi connectivity index (χ1v) is 8.14. The summed E-state index contributed by atoms with van der Waals surface area (Å²) in [5.41, 5.74) is 0.156. The molecular weight excluding hydrogens is 315 g/mol. The number of alkyl carbamates (subject to hydrolysis) is 1. The van der Waals surface area contributed by atoms with Crippen LogP contribution in [0.15, 0.2) is 12.4 Å². The molecule has 8 heteroatoms. The van der Waals surface area contributed by atoms with E-state index in [-0.39, 0.29) is 19.0 Å². The van der Waals surface area contributed by atoms with Crippen LogP contribution in [0.2, 0.25) is 0 Å². The zero-order valence-corrected chi connectivity index (χ0v) is 14.3. The summed E-state index contributed by atoms with van der Waals surface area (Å²) in [6.07, 6.45) is 2.52. The molecule has 2 amide bonds. The van der Waals surface area contributed by atoms with Gasteiger partial charge in [-0.15, -0.1) is 0 Å². The number of hydrogen-bond acceptors (Lipinski definition) is 4. The van der Waals surface area contributed by atoms with Crippen LogP contribution in [0.3, 0.4) is 0 Å². The van der Waals surface area contributed by atoms with Gasteiger partial charge in [0.25, 0.3) is 0 Å². The minimum atomic E-state index is -0.959. The number of halogens is 1. The second-order valence-electron chi connectivity index (χ2n) is 6.97. The highest BCUT2D eigenvalue weighted by molar-refractivity contribution is 5.84. The number of alkyl halides is 1. The topological polar surface area (TPSA) is 87.3 Å². The number of rotatable bonds is 5. The molecule has 1 saturated heterocycles. The summed E-state index contributed by atoms with van der Waals surface area (Å²) >= 11 is 0. The molecule has 0 bridgehead atoms. The number of likely N-dealkylation sites (tertiary alicyclic amines) is 1. The van der Waals surface area contributed by atoms with Crippen LogP contribution in [0.4, 0.5) is 9.18 Å². The third kappa shape index (κ3) is 5.21. The summed E-state index contributed by atoms with van der Waals surface area (Å²) in [5.74, 6) is -0.605. The van der Waals surface area contributed by atoms with Gasteiger partial charge in [0.05, 0.1) is 18.7 Å². The van der Waals surface area contributed by atoms with Crippen molar-refractivity contribution in [1.29, 1.82) is 0 Å². The number of H-pyrrole nitrogens is 1. The van der Waals surface area contributed by atoms with Crippen LogP contribution in [0.1, 0.15) is 45.1 Å². The quantitative estimate of drug-likeness (QED) is 0.858. The van der Waals surface area contributed by atoms with Gasteiger partial charge in [-0.05, 0) is 33.6 Å². The molecule has 1 aliphatic rings. The first-order valence-electron chi connectivity index (χ1n) is 8.14. The highest BCUT2D eigenvalue weighted by Gasteiger charge is 2.32. The van der Waals surface area contributed by atoms with Crippen LogP contribution in [0.25, 0.3) is 0 Å². The number of amides is 2. The second kappa shape index (κ2) is 7.63. The van der Waals surface area contributed by atoms with Crippen molar-refractivity contribution >= 4 is 12.0 Å². The molecule has 0 aromatic carbocycles. The SMILES string of the molecule is CC(C)(C)OC(=O)NCCC(C(=O)N1CC[C@@H](F)C1)c1cn[nH]c1. The fraction of sp³-hybridized carbons (Fsp3) is 0.688. The van der Waals surface area contributed by atoms with E-state index < -0.39 is 23.8 Å². The molecule has 1 unspecified atom stereocenters. The van der Waals surface area contributed by atoms with Gasteiger partial charge in [-0.3, -0.25) is 9.89 Å². The van der Waals surface area contributed by atoms with Gasteiger partial charge in [0.2, 0.25) is 5.91 Å². The van der Waals surface area contributed by atoms with Crippen LogP contribution in [-0.2, 0) is 9.53 Å². The molecule has 2 N–H and O–H groups in total. The number of hydrogen-bond donors (Lipinski definition) is 2. The summed E-state index contributed by atoms with van der Waals surface area (Å²) in [4.78, 5) is 25.9. The summed E-state index contributed by atoms with van der Waals surface area (Å²) in [6.45, 7) is 6.19. The van der Waals surface area contributed by atoms with Gasteiger partial charge in [-0.25, -0.2) is 9.18 Å². The summed E-state index contributed by atoms with van der Waals surface area (Å²) in [6, 6.07) is 0. The maximum Gasteiger partial charge on any atom is 0.407 e. The van der Waals surface area contributed by atoms with Crippen LogP contribution < -0.4 is 5.32 Å². The molecule has 24 heavy (non-hydrogen) atoms. The Morgan fingerprint density at radius 2 is 2.29 bits per heavy atom. The molecule has 1 aromatic rings. The molecule has 2 heterocycles. The number of nitrogens with one attached hydrogen (secondary N) is 2. The van der Waals surface area contributed by atoms with Gasteiger partial charge in [0.1, 0.15) is 11.8 Å². The standard InChI is InChI=1S/C16H25FN4O3/c1-16(2,3)24-15(23)18-6-4-13(11-8-19-20-9-11)14(22)21-7-5-12(17)10-21/h8-9,12-13H,4-7,10H2,1-3H3,(H,18,23)(H,19,20)/t12-,13?/m1/s1. The van der Waals surface area contributed by atoms with Gasteiger partial charge in [0.15, 0.2) is 0 Å². The number of ether oxygens (including phenoxy) is 1. The van der Waals surface area contributed by atoms with Crippen molar-refractivity contribution < 1.29 is 18.7 Å². The number of aromatic amines is 1. The van der Waals surface area contributed by atoms with E-state index in [0.29, 0.717) is 19.4 Å². The average Bonchev–Trinajstić information content (AvgIpc) is 3.12. The van der Waals surface area contributed by atoms with Gasteiger partial charge in [-0.2, -0.15) is 5.10 Å². The molecular formula is C16H25FN4O3.